The Morgan fingerprint density at radius 1 is 0.519 bits per heavy atom. The highest BCUT2D eigenvalue weighted by Gasteiger charge is 2.27. The molecule has 4 rings (SSSR count). The van der Waals surface area contributed by atoms with Gasteiger partial charge >= 0.3 is 0 Å². The third kappa shape index (κ3) is 5.51. The quantitative estimate of drug-likeness (QED) is 0.596. The van der Waals surface area contributed by atoms with Crippen molar-refractivity contribution in [1.82, 2.24) is 0 Å². The fourth-order valence-corrected chi connectivity index (χ4v) is 5.10. The molecular weight excluding hydrogens is 328 g/mol. The molecule has 0 aliphatic heterocycles. The summed E-state index contributed by atoms with van der Waals surface area (Å²) >= 11 is 0. The van der Waals surface area contributed by atoms with E-state index >= 15 is 0 Å². The molecule has 2 aliphatic rings. The fourth-order valence-electron chi connectivity index (χ4n) is 5.10. The summed E-state index contributed by atoms with van der Waals surface area (Å²) in [5.74, 6) is 1.92. The van der Waals surface area contributed by atoms with E-state index in [-0.39, 0.29) is 0 Å². The van der Waals surface area contributed by atoms with Gasteiger partial charge in [0.15, 0.2) is 0 Å². The summed E-state index contributed by atoms with van der Waals surface area (Å²) in [7, 11) is 0. The first kappa shape index (κ1) is 18.4. The number of nitrogens with one attached hydrogen (secondary N) is 2. The van der Waals surface area contributed by atoms with Crippen molar-refractivity contribution in [3.8, 4) is 0 Å². The molecular formula is C25H34N2. The number of rotatable bonds is 6. The summed E-state index contributed by atoms with van der Waals surface area (Å²) < 4.78 is 0. The topological polar surface area (TPSA) is 24.1 Å². The van der Waals surface area contributed by atoms with Crippen LogP contribution in [0.3, 0.4) is 0 Å². The highest BCUT2D eigenvalue weighted by molar-refractivity contribution is 5.44. The van der Waals surface area contributed by atoms with Crippen LogP contribution in [0.15, 0.2) is 60.7 Å². The Morgan fingerprint density at radius 2 is 0.889 bits per heavy atom. The van der Waals surface area contributed by atoms with Gasteiger partial charge in [0.05, 0.1) is 0 Å². The maximum Gasteiger partial charge on any atom is 0.0342 e. The van der Waals surface area contributed by atoms with Crippen LogP contribution >= 0.6 is 0 Å². The molecule has 2 N–H and O–H groups in total. The zero-order valence-electron chi connectivity index (χ0n) is 16.4. The standard InChI is InChI=1S/C25H34N2/c1-3-7-22(8-4-1)26-24-15-11-20(12-16-24)19-21-13-17-25(18-14-21)27-23-9-5-2-6-10-23/h1-10,20-21,24-27H,11-19H2. The molecule has 0 unspecified atom stereocenters. The average Bonchev–Trinajstić information content (AvgIpc) is 2.73. The van der Waals surface area contributed by atoms with Gasteiger partial charge in [0.1, 0.15) is 0 Å². The molecule has 0 radical (unpaired) electrons. The molecule has 0 spiro atoms. The minimum atomic E-state index is 0.675. The van der Waals surface area contributed by atoms with Crippen LogP contribution in [-0.2, 0) is 0 Å². The molecule has 0 amide bonds. The Balaban J connectivity index is 1.15. The average molecular weight is 363 g/mol. The largest absolute Gasteiger partial charge is 0.382 e. The molecule has 2 fully saturated rings. The molecule has 2 aromatic rings. The molecule has 0 heterocycles. The van der Waals surface area contributed by atoms with Crippen LogP contribution < -0.4 is 10.6 Å². The maximum absolute atomic E-state index is 3.73. The normalized spacial score (nSPS) is 28.4. The number of anilines is 2. The predicted octanol–water partition coefficient (Wildman–Crippen LogP) is 6.72. The first-order chi connectivity index (χ1) is 13.3. The van der Waals surface area contributed by atoms with Gasteiger partial charge in [-0.3, -0.25) is 0 Å². The van der Waals surface area contributed by atoms with Crippen LogP contribution in [0.4, 0.5) is 11.4 Å². The van der Waals surface area contributed by atoms with Crippen molar-refractivity contribution in [3.63, 3.8) is 0 Å². The van der Waals surface area contributed by atoms with Crippen LogP contribution in [-0.4, -0.2) is 12.1 Å². The Hall–Kier alpha value is -1.96. The van der Waals surface area contributed by atoms with Gasteiger partial charge in [-0.2, -0.15) is 0 Å². The first-order valence-electron chi connectivity index (χ1n) is 11.0. The van der Waals surface area contributed by atoms with Crippen LogP contribution in [0.2, 0.25) is 0 Å². The second-order valence-corrected chi connectivity index (χ2v) is 8.69. The third-order valence-corrected chi connectivity index (χ3v) is 6.65. The van der Waals surface area contributed by atoms with Crippen LogP contribution in [0, 0.1) is 11.8 Å². The van der Waals surface area contributed by atoms with Gasteiger partial charge in [0.25, 0.3) is 0 Å². The molecule has 144 valence electrons. The van der Waals surface area contributed by atoms with Gasteiger partial charge in [0, 0.05) is 23.5 Å². The Kier molecular flexibility index (Phi) is 6.34. The van der Waals surface area contributed by atoms with Gasteiger partial charge in [-0.25, -0.2) is 0 Å². The molecule has 2 aliphatic carbocycles. The molecule has 0 atom stereocenters. The van der Waals surface area contributed by atoms with Gasteiger partial charge < -0.3 is 10.6 Å². The molecule has 0 bridgehead atoms. The Morgan fingerprint density at radius 3 is 1.26 bits per heavy atom. The van der Waals surface area contributed by atoms with Crippen molar-refractivity contribution in [2.24, 2.45) is 11.8 Å². The molecule has 27 heavy (non-hydrogen) atoms. The number of benzene rings is 2. The van der Waals surface area contributed by atoms with Crippen molar-refractivity contribution in [2.45, 2.75) is 69.9 Å². The van der Waals surface area contributed by atoms with Crippen molar-refractivity contribution in [1.29, 1.82) is 0 Å². The second-order valence-electron chi connectivity index (χ2n) is 8.69. The number of hydrogen-bond donors (Lipinski definition) is 2. The van der Waals surface area contributed by atoms with E-state index in [2.05, 4.69) is 71.3 Å². The van der Waals surface area contributed by atoms with Gasteiger partial charge in [-0.1, -0.05) is 36.4 Å². The van der Waals surface area contributed by atoms with Crippen LogP contribution in [0.25, 0.3) is 0 Å². The summed E-state index contributed by atoms with van der Waals surface area (Å²) in [6, 6.07) is 22.8. The zero-order valence-corrected chi connectivity index (χ0v) is 16.4. The van der Waals surface area contributed by atoms with Crippen molar-refractivity contribution < 1.29 is 0 Å². The van der Waals surface area contributed by atoms with E-state index in [9.17, 15) is 0 Å². The lowest BCUT2D eigenvalue weighted by Crippen LogP contribution is -2.29. The monoisotopic (exact) mass is 362 g/mol. The minimum absolute atomic E-state index is 0.675. The first-order valence-corrected chi connectivity index (χ1v) is 11.0. The number of para-hydroxylation sites is 2. The van der Waals surface area contributed by atoms with E-state index < -0.39 is 0 Å². The maximum atomic E-state index is 3.73. The van der Waals surface area contributed by atoms with E-state index in [1.165, 1.54) is 69.2 Å². The zero-order chi connectivity index (χ0) is 18.3. The Bertz CT molecular complexity index is 594. The summed E-state index contributed by atoms with van der Waals surface area (Å²) in [5.41, 5.74) is 2.57. The van der Waals surface area contributed by atoms with E-state index in [1.54, 1.807) is 0 Å². The highest BCUT2D eigenvalue weighted by atomic mass is 14.9. The molecule has 2 heteroatoms. The molecule has 2 aromatic carbocycles. The van der Waals surface area contributed by atoms with Gasteiger partial charge in [-0.05, 0) is 93.9 Å². The minimum Gasteiger partial charge on any atom is -0.382 e. The summed E-state index contributed by atoms with van der Waals surface area (Å²) in [6.45, 7) is 0. The van der Waals surface area contributed by atoms with E-state index in [0.29, 0.717) is 12.1 Å². The summed E-state index contributed by atoms with van der Waals surface area (Å²) in [6.07, 6.45) is 12.5. The molecule has 2 saturated carbocycles. The number of hydrogen-bond acceptors (Lipinski definition) is 2. The van der Waals surface area contributed by atoms with E-state index in [0.717, 1.165) is 11.8 Å². The van der Waals surface area contributed by atoms with Crippen LogP contribution in [0.1, 0.15) is 57.8 Å². The molecule has 0 aromatic heterocycles. The third-order valence-electron chi connectivity index (χ3n) is 6.65. The lowest BCUT2D eigenvalue weighted by Gasteiger charge is -2.35. The molecule has 2 nitrogen and oxygen atoms in total. The van der Waals surface area contributed by atoms with E-state index in [4.69, 9.17) is 0 Å². The van der Waals surface area contributed by atoms with Gasteiger partial charge in [0.2, 0.25) is 0 Å². The predicted molar refractivity (Wildman–Crippen MR) is 116 cm³/mol. The summed E-state index contributed by atoms with van der Waals surface area (Å²) in [5, 5.41) is 7.45. The van der Waals surface area contributed by atoms with Crippen molar-refractivity contribution in [2.75, 3.05) is 10.6 Å². The smallest absolute Gasteiger partial charge is 0.0342 e. The lowest BCUT2D eigenvalue weighted by molar-refractivity contribution is 0.232. The molecule has 0 saturated heterocycles. The van der Waals surface area contributed by atoms with Gasteiger partial charge in [-0.15, -0.1) is 0 Å². The van der Waals surface area contributed by atoms with E-state index in [1.807, 2.05) is 0 Å². The van der Waals surface area contributed by atoms with Crippen molar-refractivity contribution >= 4 is 11.4 Å². The van der Waals surface area contributed by atoms with Crippen molar-refractivity contribution in [3.05, 3.63) is 60.7 Å². The second kappa shape index (κ2) is 9.30. The SMILES string of the molecule is c1ccc(NC2CCC(CC3CCC(Nc4ccccc4)CC3)CC2)cc1. The Labute approximate surface area is 164 Å². The van der Waals surface area contributed by atoms with Crippen LogP contribution in [0.5, 0.6) is 0 Å². The lowest BCUT2D eigenvalue weighted by atomic mass is 9.75. The highest BCUT2D eigenvalue weighted by Crippen LogP contribution is 2.36. The fraction of sp³-hybridized carbons (Fsp3) is 0.520. The summed E-state index contributed by atoms with van der Waals surface area (Å²) in [4.78, 5) is 0.